The summed E-state index contributed by atoms with van der Waals surface area (Å²) in [6.07, 6.45) is 5.17. The lowest BCUT2D eigenvalue weighted by molar-refractivity contribution is -0.0935. The zero-order valence-electron chi connectivity index (χ0n) is 12.9. The third-order valence-corrected chi connectivity index (χ3v) is 5.43. The normalized spacial score (nSPS) is 36.5. The highest BCUT2D eigenvalue weighted by atomic mass is 16.5. The minimum absolute atomic E-state index is 0.408. The average Bonchev–Trinajstić information content (AvgIpc) is 2.44. The summed E-state index contributed by atoms with van der Waals surface area (Å²) in [5.74, 6) is 2.80. The first kappa shape index (κ1) is 13.9. The smallest absolute Gasteiger partial charge is 0.0646 e. The first-order valence-corrected chi connectivity index (χ1v) is 8.00. The molecular weight excluding hydrogens is 244 g/mol. The van der Waals surface area contributed by atoms with Crippen LogP contribution in [0, 0.1) is 23.7 Å². The number of allylic oxidation sites excluding steroid dienone is 1. The van der Waals surface area contributed by atoms with Gasteiger partial charge in [-0.15, -0.1) is 0 Å². The monoisotopic (exact) mass is 270 g/mol. The molecule has 1 heteroatoms. The highest BCUT2D eigenvalue weighted by Gasteiger charge is 2.42. The Morgan fingerprint density at radius 2 is 1.90 bits per heavy atom. The van der Waals surface area contributed by atoms with Crippen LogP contribution < -0.4 is 0 Å². The van der Waals surface area contributed by atoms with Gasteiger partial charge >= 0.3 is 0 Å². The summed E-state index contributed by atoms with van der Waals surface area (Å²) < 4.78 is 6.24. The third-order valence-electron chi connectivity index (χ3n) is 5.43. The van der Waals surface area contributed by atoms with Gasteiger partial charge in [-0.05, 0) is 43.1 Å². The second kappa shape index (κ2) is 5.73. The van der Waals surface area contributed by atoms with Crippen LogP contribution in [0.4, 0.5) is 0 Å². The molecule has 5 atom stereocenters. The molecule has 0 aromatic heterocycles. The molecule has 2 aliphatic rings. The highest BCUT2D eigenvalue weighted by molar-refractivity contribution is 5.18. The van der Waals surface area contributed by atoms with Gasteiger partial charge in [0, 0.05) is 5.92 Å². The van der Waals surface area contributed by atoms with Gasteiger partial charge in [-0.25, -0.2) is 0 Å². The fraction of sp³-hybridized carbons (Fsp3) is 0.579. The van der Waals surface area contributed by atoms with E-state index in [1.807, 2.05) is 0 Å². The summed E-state index contributed by atoms with van der Waals surface area (Å²) in [5.41, 5.74) is 2.98. The molecule has 108 valence electrons. The van der Waals surface area contributed by atoms with E-state index in [1.54, 1.807) is 5.57 Å². The van der Waals surface area contributed by atoms with E-state index in [0.717, 1.165) is 31.3 Å². The van der Waals surface area contributed by atoms with E-state index < -0.39 is 0 Å². The van der Waals surface area contributed by atoms with Crippen LogP contribution in [-0.2, 0) is 11.2 Å². The van der Waals surface area contributed by atoms with E-state index in [2.05, 4.69) is 57.2 Å². The molecule has 1 fully saturated rings. The second-order valence-electron chi connectivity index (χ2n) is 6.71. The van der Waals surface area contributed by atoms with Crippen molar-refractivity contribution >= 4 is 0 Å². The lowest BCUT2D eigenvalue weighted by Gasteiger charge is -2.47. The van der Waals surface area contributed by atoms with Crippen molar-refractivity contribution in [2.75, 3.05) is 6.61 Å². The van der Waals surface area contributed by atoms with Crippen molar-refractivity contribution in [3.63, 3.8) is 0 Å². The first-order chi connectivity index (χ1) is 9.66. The lowest BCUT2D eigenvalue weighted by Crippen LogP contribution is -2.46. The van der Waals surface area contributed by atoms with Gasteiger partial charge in [0.15, 0.2) is 0 Å². The Labute approximate surface area is 123 Å². The van der Waals surface area contributed by atoms with Gasteiger partial charge in [-0.2, -0.15) is 0 Å². The fourth-order valence-electron chi connectivity index (χ4n) is 4.30. The predicted octanol–water partition coefficient (Wildman–Crippen LogP) is 4.48. The number of hydrogen-bond donors (Lipinski definition) is 0. The number of ether oxygens (including phenoxy) is 1. The average molecular weight is 270 g/mol. The fourth-order valence-corrected chi connectivity index (χ4v) is 4.30. The Balaban J connectivity index is 1.70. The highest BCUT2D eigenvalue weighted by Crippen LogP contribution is 2.45. The van der Waals surface area contributed by atoms with E-state index >= 15 is 0 Å². The van der Waals surface area contributed by atoms with Crippen LogP contribution in [0.15, 0.2) is 42.0 Å². The zero-order valence-corrected chi connectivity index (χ0v) is 12.9. The second-order valence-corrected chi connectivity index (χ2v) is 6.71. The van der Waals surface area contributed by atoms with E-state index in [0.29, 0.717) is 17.9 Å². The van der Waals surface area contributed by atoms with Gasteiger partial charge in [-0.1, -0.05) is 55.8 Å². The molecule has 0 spiro atoms. The minimum Gasteiger partial charge on any atom is -0.377 e. The van der Waals surface area contributed by atoms with Crippen molar-refractivity contribution in [3.8, 4) is 0 Å². The Bertz CT molecular complexity index is 476. The minimum atomic E-state index is 0.408. The van der Waals surface area contributed by atoms with Gasteiger partial charge in [0.2, 0.25) is 0 Å². The quantitative estimate of drug-likeness (QED) is 0.736. The molecule has 1 nitrogen and oxygen atoms in total. The molecule has 2 bridgehead atoms. The maximum atomic E-state index is 6.24. The van der Waals surface area contributed by atoms with E-state index in [4.69, 9.17) is 4.74 Å². The Hall–Kier alpha value is -1.08. The third kappa shape index (κ3) is 2.56. The van der Waals surface area contributed by atoms with E-state index in [-0.39, 0.29) is 0 Å². The molecule has 0 amide bonds. The molecule has 1 aliphatic heterocycles. The molecule has 1 aromatic rings. The van der Waals surface area contributed by atoms with Crippen molar-refractivity contribution in [3.05, 3.63) is 47.5 Å². The van der Waals surface area contributed by atoms with Gasteiger partial charge in [-0.3, -0.25) is 0 Å². The summed E-state index contributed by atoms with van der Waals surface area (Å²) >= 11 is 0. The molecule has 20 heavy (non-hydrogen) atoms. The maximum Gasteiger partial charge on any atom is 0.0646 e. The Kier molecular flexibility index (Phi) is 3.98. The number of hydrogen-bond acceptors (Lipinski definition) is 1. The molecule has 1 heterocycles. The van der Waals surface area contributed by atoms with Gasteiger partial charge < -0.3 is 4.74 Å². The topological polar surface area (TPSA) is 9.23 Å². The molecular formula is C19H26O. The Morgan fingerprint density at radius 1 is 1.15 bits per heavy atom. The van der Waals surface area contributed by atoms with Crippen LogP contribution in [0.25, 0.3) is 0 Å². The van der Waals surface area contributed by atoms with Crippen LogP contribution in [0.2, 0.25) is 0 Å². The summed E-state index contributed by atoms with van der Waals surface area (Å²) in [5, 5.41) is 0. The molecule has 3 rings (SSSR count). The summed E-state index contributed by atoms with van der Waals surface area (Å²) in [6, 6.07) is 10.8. The van der Waals surface area contributed by atoms with Crippen LogP contribution in [0.3, 0.4) is 0 Å². The Morgan fingerprint density at radius 3 is 2.65 bits per heavy atom. The first-order valence-electron chi connectivity index (χ1n) is 8.00. The van der Waals surface area contributed by atoms with Gasteiger partial charge in [0.05, 0.1) is 12.7 Å². The molecule has 0 N–H and O–H groups in total. The maximum absolute atomic E-state index is 6.24. The molecule has 0 unspecified atom stereocenters. The zero-order chi connectivity index (χ0) is 14.1. The summed E-state index contributed by atoms with van der Waals surface area (Å²) in [4.78, 5) is 0. The van der Waals surface area contributed by atoms with Crippen LogP contribution in [-0.4, -0.2) is 12.7 Å². The predicted molar refractivity (Wildman–Crippen MR) is 83.6 cm³/mol. The number of benzene rings is 1. The number of fused-ring (bicyclic) bond motifs is 2. The molecule has 1 saturated heterocycles. The molecule has 1 aromatic carbocycles. The van der Waals surface area contributed by atoms with Crippen LogP contribution in [0.1, 0.15) is 32.8 Å². The standard InChI is InChI=1S/C19H26O/c1-13-11-14(2)19-15(3)17(13)12-20-18(19)10-9-16-7-5-4-6-8-16/h4-8,11,13,15,17-19H,9-10,12H2,1-3H3/t13-,15-,17+,18-,19+/m0/s1. The largest absolute Gasteiger partial charge is 0.377 e. The van der Waals surface area contributed by atoms with Gasteiger partial charge in [0.1, 0.15) is 0 Å². The molecule has 1 aliphatic carbocycles. The van der Waals surface area contributed by atoms with Crippen molar-refractivity contribution in [1.29, 1.82) is 0 Å². The SMILES string of the molecule is CC1=C[C@H](C)[C@H]2CO[C@@H](CCc3ccccc3)[C@H]1[C@H]2C. The van der Waals surface area contributed by atoms with E-state index in [1.165, 1.54) is 5.56 Å². The van der Waals surface area contributed by atoms with Crippen molar-refractivity contribution in [2.45, 2.75) is 39.7 Å². The van der Waals surface area contributed by atoms with E-state index in [9.17, 15) is 0 Å². The van der Waals surface area contributed by atoms with Crippen molar-refractivity contribution in [1.82, 2.24) is 0 Å². The summed E-state index contributed by atoms with van der Waals surface area (Å²) in [6.45, 7) is 8.02. The molecule has 0 radical (unpaired) electrons. The van der Waals surface area contributed by atoms with Gasteiger partial charge in [0.25, 0.3) is 0 Å². The summed E-state index contributed by atoms with van der Waals surface area (Å²) in [7, 11) is 0. The molecule has 0 saturated carbocycles. The van der Waals surface area contributed by atoms with Crippen LogP contribution in [0.5, 0.6) is 0 Å². The number of rotatable bonds is 3. The van der Waals surface area contributed by atoms with Crippen LogP contribution >= 0.6 is 0 Å². The van der Waals surface area contributed by atoms with Crippen molar-refractivity contribution in [2.24, 2.45) is 23.7 Å². The number of aryl methyl sites for hydroxylation is 1. The van der Waals surface area contributed by atoms with Crippen molar-refractivity contribution < 1.29 is 4.74 Å². The lowest BCUT2D eigenvalue weighted by atomic mass is 9.65.